The zero-order chi connectivity index (χ0) is 19.0. The van der Waals surface area contributed by atoms with Crippen molar-refractivity contribution in [2.24, 2.45) is 0 Å². The number of allylic oxidation sites excluding steroid dienone is 2. The van der Waals surface area contributed by atoms with Crippen LogP contribution in [-0.2, 0) is 19.2 Å². The van der Waals surface area contributed by atoms with Crippen molar-refractivity contribution in [2.75, 3.05) is 10.2 Å². The molecule has 2 amide bonds. The van der Waals surface area contributed by atoms with Gasteiger partial charge in [0.2, 0.25) is 0 Å². The van der Waals surface area contributed by atoms with Crippen LogP contribution in [0.4, 0.5) is 17.1 Å². The molecule has 27 heavy (non-hydrogen) atoms. The number of imide groups is 1. The van der Waals surface area contributed by atoms with Gasteiger partial charge in [0.25, 0.3) is 11.8 Å². The molecule has 0 saturated carbocycles. The summed E-state index contributed by atoms with van der Waals surface area (Å²) in [6, 6.07) is 14.0. The van der Waals surface area contributed by atoms with Crippen LogP contribution in [0.1, 0.15) is 11.5 Å². The molecule has 1 heterocycles. The van der Waals surface area contributed by atoms with Gasteiger partial charge in [-0.15, -0.1) is 0 Å². The Kier molecular flexibility index (Phi) is 4.01. The van der Waals surface area contributed by atoms with Gasteiger partial charge in [-0.25, -0.2) is 4.90 Å². The predicted molar refractivity (Wildman–Crippen MR) is 99.7 cm³/mol. The van der Waals surface area contributed by atoms with Crippen LogP contribution in [0, 0.1) is 0 Å². The number of ketones is 2. The van der Waals surface area contributed by atoms with E-state index in [0.29, 0.717) is 11.3 Å². The lowest BCUT2D eigenvalue weighted by atomic mass is 9.95. The van der Waals surface area contributed by atoms with Crippen molar-refractivity contribution in [3.05, 3.63) is 78.4 Å². The van der Waals surface area contributed by atoms with Crippen LogP contribution in [-0.4, -0.2) is 23.4 Å². The summed E-state index contributed by atoms with van der Waals surface area (Å²) in [5.41, 5.74) is 2.72. The summed E-state index contributed by atoms with van der Waals surface area (Å²) in [5, 5.41) is 3.19. The van der Waals surface area contributed by atoms with E-state index in [1.165, 1.54) is 24.3 Å². The Bertz CT molecular complexity index is 898. The molecule has 0 radical (unpaired) electrons. The van der Waals surface area contributed by atoms with Crippen LogP contribution >= 0.6 is 0 Å². The molecule has 0 bridgehead atoms. The number of amides is 2. The van der Waals surface area contributed by atoms with E-state index < -0.39 is 5.92 Å². The van der Waals surface area contributed by atoms with Crippen LogP contribution in [0.15, 0.2) is 72.8 Å². The fraction of sp³-hybridized carbons (Fsp3) is 0.0476. The highest BCUT2D eigenvalue weighted by Crippen LogP contribution is 2.27. The molecule has 0 fully saturated rings. The van der Waals surface area contributed by atoms with Gasteiger partial charge in [0.05, 0.1) is 5.69 Å². The summed E-state index contributed by atoms with van der Waals surface area (Å²) < 4.78 is 0. The number of hydrogen-bond acceptors (Lipinski definition) is 5. The van der Waals surface area contributed by atoms with Gasteiger partial charge >= 0.3 is 0 Å². The third-order valence-corrected chi connectivity index (χ3v) is 4.45. The molecule has 2 aliphatic rings. The molecule has 0 aromatic heterocycles. The van der Waals surface area contributed by atoms with Crippen molar-refractivity contribution < 1.29 is 19.2 Å². The first kappa shape index (κ1) is 16.7. The van der Waals surface area contributed by atoms with E-state index in [9.17, 15) is 19.2 Å². The summed E-state index contributed by atoms with van der Waals surface area (Å²) in [6.07, 6.45) is 5.11. The van der Waals surface area contributed by atoms with Crippen LogP contribution in [0.3, 0.4) is 0 Å². The largest absolute Gasteiger partial charge is 0.356 e. The minimum Gasteiger partial charge on any atom is -0.356 e. The van der Waals surface area contributed by atoms with Crippen molar-refractivity contribution >= 4 is 40.4 Å². The minimum absolute atomic E-state index is 0.197. The second-order valence-electron chi connectivity index (χ2n) is 6.21. The van der Waals surface area contributed by atoms with E-state index in [1.54, 1.807) is 48.5 Å². The van der Waals surface area contributed by atoms with Crippen molar-refractivity contribution in [2.45, 2.75) is 5.92 Å². The number of carbonyl (C=O) groups is 4. The van der Waals surface area contributed by atoms with E-state index in [-0.39, 0.29) is 23.4 Å². The molecule has 6 heteroatoms. The first-order valence-corrected chi connectivity index (χ1v) is 8.32. The van der Waals surface area contributed by atoms with E-state index in [2.05, 4.69) is 5.32 Å². The summed E-state index contributed by atoms with van der Waals surface area (Å²) in [6.45, 7) is 0. The van der Waals surface area contributed by atoms with Crippen molar-refractivity contribution in [3.8, 4) is 0 Å². The molecule has 2 aromatic carbocycles. The van der Waals surface area contributed by atoms with Gasteiger partial charge in [-0.2, -0.15) is 0 Å². The number of rotatable bonds is 4. The molecule has 0 spiro atoms. The molecule has 6 nitrogen and oxygen atoms in total. The molecule has 4 rings (SSSR count). The maximum absolute atomic E-state index is 11.8. The fourth-order valence-corrected chi connectivity index (χ4v) is 3.10. The van der Waals surface area contributed by atoms with E-state index in [0.717, 1.165) is 16.3 Å². The molecule has 1 aliphatic heterocycles. The Labute approximate surface area is 154 Å². The molecule has 132 valence electrons. The van der Waals surface area contributed by atoms with Gasteiger partial charge in [-0.05, 0) is 54.1 Å². The van der Waals surface area contributed by atoms with Crippen LogP contribution in [0.25, 0.3) is 0 Å². The topological polar surface area (TPSA) is 83.6 Å². The Morgan fingerprint density at radius 1 is 0.630 bits per heavy atom. The second-order valence-corrected chi connectivity index (χ2v) is 6.21. The molecule has 1 N–H and O–H groups in total. The third kappa shape index (κ3) is 3.08. The SMILES string of the molecule is O=C1C=CC(=O)C1c1ccc(Nc2ccc(N3C(=O)C=CC3=O)cc2)cc1. The van der Waals surface area contributed by atoms with E-state index in [1.807, 2.05) is 0 Å². The number of benzene rings is 2. The summed E-state index contributed by atoms with van der Waals surface area (Å²) in [5.74, 6) is -1.85. The highest BCUT2D eigenvalue weighted by atomic mass is 16.2. The lowest BCUT2D eigenvalue weighted by Gasteiger charge is -2.15. The first-order chi connectivity index (χ1) is 13.0. The number of anilines is 3. The summed E-state index contributed by atoms with van der Waals surface area (Å²) >= 11 is 0. The molecular formula is C21H14N2O4. The lowest BCUT2D eigenvalue weighted by Crippen LogP contribution is -2.29. The third-order valence-electron chi connectivity index (χ3n) is 4.45. The van der Waals surface area contributed by atoms with Crippen LogP contribution in [0.2, 0.25) is 0 Å². The Morgan fingerprint density at radius 2 is 1.11 bits per heavy atom. The van der Waals surface area contributed by atoms with E-state index in [4.69, 9.17) is 0 Å². The van der Waals surface area contributed by atoms with Crippen molar-refractivity contribution in [1.82, 2.24) is 0 Å². The molecular weight excluding hydrogens is 344 g/mol. The van der Waals surface area contributed by atoms with Crippen LogP contribution in [0.5, 0.6) is 0 Å². The van der Waals surface area contributed by atoms with Crippen LogP contribution < -0.4 is 10.2 Å². The van der Waals surface area contributed by atoms with Gasteiger partial charge in [0.1, 0.15) is 5.92 Å². The number of nitrogens with zero attached hydrogens (tertiary/aromatic N) is 1. The molecule has 0 saturated heterocycles. The highest BCUT2D eigenvalue weighted by Gasteiger charge is 2.29. The Balaban J connectivity index is 1.47. The zero-order valence-corrected chi connectivity index (χ0v) is 14.1. The van der Waals surface area contributed by atoms with Gasteiger partial charge < -0.3 is 5.32 Å². The standard InChI is InChI=1S/C21H14N2O4/c24-17-9-10-18(25)21(17)13-1-3-14(4-2-13)22-15-5-7-16(8-6-15)23-19(26)11-12-20(23)27/h1-12,21-22H. The smallest absolute Gasteiger partial charge is 0.258 e. The highest BCUT2D eigenvalue weighted by molar-refractivity contribution is 6.28. The van der Waals surface area contributed by atoms with Gasteiger partial charge in [-0.1, -0.05) is 12.1 Å². The Morgan fingerprint density at radius 3 is 1.63 bits per heavy atom. The molecule has 2 aromatic rings. The van der Waals surface area contributed by atoms with Crippen molar-refractivity contribution in [3.63, 3.8) is 0 Å². The van der Waals surface area contributed by atoms with E-state index >= 15 is 0 Å². The average Bonchev–Trinajstić information content (AvgIpc) is 3.18. The normalized spacial score (nSPS) is 16.7. The maximum Gasteiger partial charge on any atom is 0.258 e. The zero-order valence-electron chi connectivity index (χ0n) is 14.1. The first-order valence-electron chi connectivity index (χ1n) is 8.32. The number of carbonyl (C=O) groups excluding carboxylic acids is 4. The average molecular weight is 358 g/mol. The monoisotopic (exact) mass is 358 g/mol. The van der Waals surface area contributed by atoms with Gasteiger partial charge in [0, 0.05) is 23.5 Å². The summed E-state index contributed by atoms with van der Waals surface area (Å²) in [7, 11) is 0. The molecule has 0 atom stereocenters. The Hall–Kier alpha value is -3.80. The van der Waals surface area contributed by atoms with Gasteiger partial charge in [0.15, 0.2) is 11.6 Å². The quantitative estimate of drug-likeness (QED) is 0.671. The maximum atomic E-state index is 11.8. The second kappa shape index (κ2) is 6.49. The fourth-order valence-electron chi connectivity index (χ4n) is 3.10. The molecule has 1 aliphatic carbocycles. The minimum atomic E-state index is -0.734. The molecule has 0 unspecified atom stereocenters. The number of nitrogens with one attached hydrogen (secondary N) is 1. The van der Waals surface area contributed by atoms with Gasteiger partial charge in [-0.3, -0.25) is 19.2 Å². The predicted octanol–water partition coefficient (Wildman–Crippen LogP) is 2.65. The van der Waals surface area contributed by atoms with Crippen molar-refractivity contribution in [1.29, 1.82) is 0 Å². The lowest BCUT2D eigenvalue weighted by molar-refractivity contribution is -0.123. The number of hydrogen-bond donors (Lipinski definition) is 1. The summed E-state index contributed by atoms with van der Waals surface area (Å²) in [4.78, 5) is 48.0.